The monoisotopic (exact) mass is 335 g/mol. The van der Waals surface area contributed by atoms with Gasteiger partial charge in [-0.2, -0.15) is 0 Å². The van der Waals surface area contributed by atoms with Gasteiger partial charge in [0.1, 0.15) is 0 Å². The lowest BCUT2D eigenvalue weighted by Crippen LogP contribution is -2.30. The molecule has 0 saturated carbocycles. The summed E-state index contributed by atoms with van der Waals surface area (Å²) in [6, 6.07) is 13.5. The van der Waals surface area contributed by atoms with Gasteiger partial charge in [0.05, 0.1) is 21.1 Å². The molecule has 0 bridgehead atoms. The highest BCUT2D eigenvalue weighted by Crippen LogP contribution is 2.37. The van der Waals surface area contributed by atoms with Gasteiger partial charge in [-0.05, 0) is 45.6 Å². The maximum atomic E-state index is 12.2. The summed E-state index contributed by atoms with van der Waals surface area (Å²) in [7, 11) is 0. The molecule has 2 aromatic carbocycles. The molecular formula is C15H11BrClNO. The van der Waals surface area contributed by atoms with Crippen LogP contribution in [-0.4, -0.2) is 5.91 Å². The number of anilines is 1. The summed E-state index contributed by atoms with van der Waals surface area (Å²) < 4.78 is 0.720. The Morgan fingerprint density at radius 1 is 1.21 bits per heavy atom. The molecule has 96 valence electrons. The van der Waals surface area contributed by atoms with Gasteiger partial charge >= 0.3 is 0 Å². The van der Waals surface area contributed by atoms with E-state index in [4.69, 9.17) is 11.6 Å². The van der Waals surface area contributed by atoms with Crippen LogP contribution in [0.4, 0.5) is 5.69 Å². The molecule has 0 radical (unpaired) electrons. The normalized spacial score (nSPS) is 16.4. The van der Waals surface area contributed by atoms with Crippen LogP contribution in [0.5, 0.6) is 0 Å². The van der Waals surface area contributed by atoms with Crippen LogP contribution in [0, 0.1) is 0 Å². The third-order valence-corrected chi connectivity index (χ3v) is 4.78. The number of fused-ring (bicyclic) bond motifs is 1. The van der Waals surface area contributed by atoms with Crippen LogP contribution in [0.25, 0.3) is 0 Å². The molecule has 0 aromatic heterocycles. The molecule has 1 unspecified atom stereocenters. The molecule has 1 atom stereocenters. The van der Waals surface area contributed by atoms with E-state index in [1.807, 2.05) is 30.3 Å². The zero-order chi connectivity index (χ0) is 13.4. The summed E-state index contributed by atoms with van der Waals surface area (Å²) in [5.41, 5.74) is 3.09. The molecule has 2 aromatic rings. The van der Waals surface area contributed by atoms with E-state index in [0.717, 1.165) is 16.5 Å². The molecule has 0 spiro atoms. The number of benzene rings is 2. The number of halogens is 2. The number of hydrogen-bond acceptors (Lipinski definition) is 1. The van der Waals surface area contributed by atoms with E-state index in [1.165, 1.54) is 5.56 Å². The molecule has 1 amide bonds. The lowest BCUT2D eigenvalue weighted by Gasteiger charge is -2.29. The summed E-state index contributed by atoms with van der Waals surface area (Å²) in [4.78, 5) is 12.2. The van der Waals surface area contributed by atoms with Gasteiger partial charge in [0.2, 0.25) is 5.91 Å². The smallest absolute Gasteiger partial charge is 0.232 e. The van der Waals surface area contributed by atoms with E-state index in [-0.39, 0.29) is 11.8 Å². The van der Waals surface area contributed by atoms with Crippen LogP contribution in [0.15, 0.2) is 46.9 Å². The van der Waals surface area contributed by atoms with Crippen molar-refractivity contribution < 1.29 is 4.79 Å². The lowest BCUT2D eigenvalue weighted by atomic mass is 9.77. The van der Waals surface area contributed by atoms with Crippen molar-refractivity contribution >= 4 is 39.1 Å². The lowest BCUT2D eigenvalue weighted by molar-refractivity contribution is -0.118. The molecule has 0 fully saturated rings. The average Bonchev–Trinajstić information content (AvgIpc) is 2.36. The Morgan fingerprint density at radius 3 is 2.79 bits per heavy atom. The van der Waals surface area contributed by atoms with Gasteiger partial charge < -0.3 is 5.32 Å². The van der Waals surface area contributed by atoms with Crippen LogP contribution in [0.1, 0.15) is 17.0 Å². The summed E-state index contributed by atoms with van der Waals surface area (Å²) >= 11 is 9.39. The minimum atomic E-state index is -0.0536. The van der Waals surface area contributed by atoms with Crippen molar-refractivity contribution in [1.82, 2.24) is 0 Å². The molecule has 1 aliphatic rings. The largest absolute Gasteiger partial charge is 0.324 e. The Hall–Kier alpha value is -1.32. The second kappa shape index (κ2) is 4.99. The van der Waals surface area contributed by atoms with Crippen LogP contribution in [0.3, 0.4) is 0 Å². The number of rotatable bonds is 2. The Morgan fingerprint density at radius 2 is 2.00 bits per heavy atom. The fourth-order valence-corrected chi connectivity index (χ4v) is 2.85. The molecule has 1 aliphatic carbocycles. The first-order valence-electron chi connectivity index (χ1n) is 5.99. The van der Waals surface area contributed by atoms with Crippen LogP contribution < -0.4 is 5.32 Å². The van der Waals surface area contributed by atoms with Gasteiger partial charge in [-0.1, -0.05) is 41.9 Å². The number of amides is 1. The fraction of sp³-hybridized carbons (Fsp3) is 0.133. The quantitative estimate of drug-likeness (QED) is 0.866. The number of nitrogens with one attached hydrogen (secondary N) is 1. The van der Waals surface area contributed by atoms with Crippen molar-refractivity contribution in [2.24, 2.45) is 0 Å². The molecule has 2 nitrogen and oxygen atoms in total. The van der Waals surface area contributed by atoms with E-state index in [2.05, 4.69) is 27.3 Å². The van der Waals surface area contributed by atoms with Crippen molar-refractivity contribution in [2.45, 2.75) is 12.3 Å². The molecule has 0 saturated heterocycles. The van der Waals surface area contributed by atoms with Crippen molar-refractivity contribution in [3.63, 3.8) is 0 Å². The highest BCUT2D eigenvalue weighted by molar-refractivity contribution is 9.10. The first-order valence-corrected chi connectivity index (χ1v) is 7.16. The number of hydrogen-bond donors (Lipinski definition) is 1. The second-order valence-corrected chi connectivity index (χ2v) is 5.75. The van der Waals surface area contributed by atoms with E-state index in [1.54, 1.807) is 6.07 Å². The Kier molecular flexibility index (Phi) is 3.33. The van der Waals surface area contributed by atoms with Gasteiger partial charge in [-0.25, -0.2) is 0 Å². The van der Waals surface area contributed by atoms with Gasteiger partial charge in [0, 0.05) is 0 Å². The molecule has 0 aliphatic heterocycles. The minimum Gasteiger partial charge on any atom is -0.324 e. The third kappa shape index (κ3) is 2.28. The first-order chi connectivity index (χ1) is 9.16. The van der Waals surface area contributed by atoms with Gasteiger partial charge in [0.25, 0.3) is 0 Å². The van der Waals surface area contributed by atoms with E-state index in [9.17, 15) is 4.79 Å². The van der Waals surface area contributed by atoms with Gasteiger partial charge in [-0.15, -0.1) is 0 Å². The molecular weight excluding hydrogens is 326 g/mol. The highest BCUT2D eigenvalue weighted by atomic mass is 79.9. The molecule has 19 heavy (non-hydrogen) atoms. The predicted molar refractivity (Wildman–Crippen MR) is 80.7 cm³/mol. The van der Waals surface area contributed by atoms with Crippen LogP contribution in [-0.2, 0) is 11.2 Å². The van der Waals surface area contributed by atoms with E-state index in [0.29, 0.717) is 10.7 Å². The standard InChI is InChI=1S/C15H11BrClNO/c16-14-12(17)6-3-7-13(14)18-15(19)11-8-9-4-1-2-5-10(9)11/h1-7,11H,8H2,(H,18,19). The van der Waals surface area contributed by atoms with E-state index < -0.39 is 0 Å². The SMILES string of the molecule is O=C(Nc1cccc(Cl)c1Br)C1Cc2ccccc21. The molecule has 3 rings (SSSR count). The molecule has 1 N–H and O–H groups in total. The molecule has 4 heteroatoms. The highest BCUT2D eigenvalue weighted by Gasteiger charge is 2.31. The topological polar surface area (TPSA) is 29.1 Å². The van der Waals surface area contributed by atoms with Gasteiger partial charge in [-0.3, -0.25) is 4.79 Å². The van der Waals surface area contributed by atoms with Crippen molar-refractivity contribution in [3.05, 3.63) is 63.1 Å². The Bertz CT molecular complexity index is 656. The average molecular weight is 337 g/mol. The summed E-state index contributed by atoms with van der Waals surface area (Å²) in [6.45, 7) is 0. The van der Waals surface area contributed by atoms with Crippen molar-refractivity contribution in [3.8, 4) is 0 Å². The van der Waals surface area contributed by atoms with Gasteiger partial charge in [0.15, 0.2) is 0 Å². The zero-order valence-electron chi connectivity index (χ0n) is 9.99. The third-order valence-electron chi connectivity index (χ3n) is 3.38. The summed E-state index contributed by atoms with van der Waals surface area (Å²) in [5.74, 6) is -0.0382. The van der Waals surface area contributed by atoms with Crippen molar-refractivity contribution in [2.75, 3.05) is 5.32 Å². The maximum Gasteiger partial charge on any atom is 0.232 e. The van der Waals surface area contributed by atoms with Crippen molar-refractivity contribution in [1.29, 1.82) is 0 Å². The Balaban J connectivity index is 1.79. The first kappa shape index (κ1) is 12.7. The summed E-state index contributed by atoms with van der Waals surface area (Å²) in [5, 5.41) is 3.51. The maximum absolute atomic E-state index is 12.2. The Labute approximate surface area is 124 Å². The van der Waals surface area contributed by atoms with E-state index >= 15 is 0 Å². The molecule has 0 heterocycles. The fourth-order valence-electron chi connectivity index (χ4n) is 2.31. The second-order valence-electron chi connectivity index (χ2n) is 4.55. The zero-order valence-corrected chi connectivity index (χ0v) is 12.3. The summed E-state index contributed by atoms with van der Waals surface area (Å²) in [6.07, 6.45) is 0.806. The van der Waals surface area contributed by atoms with Crippen LogP contribution in [0.2, 0.25) is 5.02 Å². The predicted octanol–water partition coefficient (Wildman–Crippen LogP) is 4.38. The minimum absolute atomic E-state index is 0.0154. The number of carbonyl (C=O) groups excluding carboxylic acids is 1. The van der Waals surface area contributed by atoms with Crippen LogP contribution >= 0.6 is 27.5 Å². The number of carbonyl (C=O) groups is 1.